The van der Waals surface area contributed by atoms with Crippen molar-refractivity contribution in [3.8, 4) is 0 Å². The van der Waals surface area contributed by atoms with Gasteiger partial charge in [0.2, 0.25) is 0 Å². The van der Waals surface area contributed by atoms with Crippen molar-refractivity contribution >= 4 is 6.09 Å². The fourth-order valence-corrected chi connectivity index (χ4v) is 2.07. The number of nitrogens with zero attached hydrogens (tertiary/aromatic N) is 1. The largest absolute Gasteiger partial charge is 0.450 e. The van der Waals surface area contributed by atoms with E-state index in [1.807, 2.05) is 6.92 Å². The van der Waals surface area contributed by atoms with Crippen molar-refractivity contribution in [2.45, 2.75) is 32.1 Å². The number of hydrogen-bond donors (Lipinski definition) is 0. The Balaban J connectivity index is 2.74. The summed E-state index contributed by atoms with van der Waals surface area (Å²) in [5, 5.41) is 0. The molecule has 1 fully saturated rings. The van der Waals surface area contributed by atoms with Crippen molar-refractivity contribution in [3.05, 3.63) is 25.3 Å². The zero-order valence-electron chi connectivity index (χ0n) is 11.8. The van der Waals surface area contributed by atoms with E-state index < -0.39 is 5.79 Å². The standard InChI is InChI=1S/C14H23NO4/c1-5-8-15(13(16)17-7-3)12(6-2)11-14(4)18-9-10-19-14/h5-6,12H,1-2,7-11H2,3-4H3/t12-/m1/s1. The van der Waals surface area contributed by atoms with Crippen LogP contribution in [0.2, 0.25) is 0 Å². The summed E-state index contributed by atoms with van der Waals surface area (Å²) in [7, 11) is 0. The molecule has 1 heterocycles. The number of hydrogen-bond acceptors (Lipinski definition) is 4. The van der Waals surface area contributed by atoms with Gasteiger partial charge in [-0.2, -0.15) is 0 Å². The van der Waals surface area contributed by atoms with E-state index in [4.69, 9.17) is 14.2 Å². The molecule has 0 aliphatic carbocycles. The lowest BCUT2D eigenvalue weighted by atomic mass is 10.1. The van der Waals surface area contributed by atoms with E-state index in [2.05, 4.69) is 13.2 Å². The molecule has 0 aromatic carbocycles. The predicted molar refractivity (Wildman–Crippen MR) is 72.8 cm³/mol. The molecule has 0 unspecified atom stereocenters. The van der Waals surface area contributed by atoms with Gasteiger partial charge < -0.3 is 14.2 Å². The number of carbonyl (C=O) groups excluding carboxylic acids is 1. The first-order valence-electron chi connectivity index (χ1n) is 6.51. The van der Waals surface area contributed by atoms with E-state index in [1.165, 1.54) is 0 Å². The van der Waals surface area contributed by atoms with Crippen molar-refractivity contribution < 1.29 is 19.0 Å². The van der Waals surface area contributed by atoms with Gasteiger partial charge in [0, 0.05) is 13.0 Å². The summed E-state index contributed by atoms with van der Waals surface area (Å²) in [6.07, 6.45) is 3.50. The van der Waals surface area contributed by atoms with Crippen LogP contribution < -0.4 is 0 Å². The Hall–Kier alpha value is -1.33. The summed E-state index contributed by atoms with van der Waals surface area (Å²) >= 11 is 0. The molecule has 1 amide bonds. The Morgan fingerprint density at radius 2 is 2.11 bits per heavy atom. The van der Waals surface area contributed by atoms with Crippen molar-refractivity contribution in [3.63, 3.8) is 0 Å². The molecule has 0 aromatic rings. The number of amides is 1. The van der Waals surface area contributed by atoms with Crippen LogP contribution in [0, 0.1) is 0 Å². The summed E-state index contributed by atoms with van der Waals surface area (Å²) in [6, 6.07) is -0.222. The van der Waals surface area contributed by atoms with Crippen LogP contribution in [0.4, 0.5) is 4.79 Å². The third-order valence-corrected chi connectivity index (χ3v) is 2.98. The van der Waals surface area contributed by atoms with E-state index in [-0.39, 0.29) is 12.1 Å². The van der Waals surface area contributed by atoms with Crippen molar-refractivity contribution in [2.75, 3.05) is 26.4 Å². The zero-order chi connectivity index (χ0) is 14.3. The molecule has 19 heavy (non-hydrogen) atoms. The molecule has 1 saturated heterocycles. The molecular formula is C14H23NO4. The maximum Gasteiger partial charge on any atom is 0.410 e. The van der Waals surface area contributed by atoms with Gasteiger partial charge in [-0.15, -0.1) is 13.2 Å². The molecule has 1 rings (SSSR count). The Morgan fingerprint density at radius 3 is 2.58 bits per heavy atom. The second-order valence-corrected chi connectivity index (χ2v) is 4.48. The Labute approximate surface area is 114 Å². The molecule has 1 aliphatic heterocycles. The van der Waals surface area contributed by atoms with Crippen LogP contribution in [0.5, 0.6) is 0 Å². The van der Waals surface area contributed by atoms with E-state index in [0.717, 1.165) is 0 Å². The highest BCUT2D eigenvalue weighted by molar-refractivity contribution is 5.68. The minimum atomic E-state index is -0.676. The maximum atomic E-state index is 11.9. The third kappa shape index (κ3) is 4.36. The first kappa shape index (κ1) is 15.7. The molecule has 0 radical (unpaired) electrons. The highest BCUT2D eigenvalue weighted by Crippen LogP contribution is 2.26. The summed E-state index contributed by atoms with van der Waals surface area (Å²) in [4.78, 5) is 13.5. The van der Waals surface area contributed by atoms with Crippen LogP contribution in [-0.4, -0.2) is 49.2 Å². The molecule has 0 spiro atoms. The summed E-state index contributed by atoms with van der Waals surface area (Å²) in [5.41, 5.74) is 0. The second kappa shape index (κ2) is 7.31. The molecular weight excluding hydrogens is 246 g/mol. The quantitative estimate of drug-likeness (QED) is 0.666. The molecule has 0 bridgehead atoms. The van der Waals surface area contributed by atoms with Crippen LogP contribution in [0.15, 0.2) is 25.3 Å². The Kier molecular flexibility index (Phi) is 6.05. The second-order valence-electron chi connectivity index (χ2n) is 4.48. The third-order valence-electron chi connectivity index (χ3n) is 2.98. The van der Waals surface area contributed by atoms with Gasteiger partial charge in [-0.3, -0.25) is 4.90 Å². The fourth-order valence-electron chi connectivity index (χ4n) is 2.07. The van der Waals surface area contributed by atoms with Gasteiger partial charge in [0.15, 0.2) is 5.79 Å². The fraction of sp³-hybridized carbons (Fsp3) is 0.643. The van der Waals surface area contributed by atoms with E-state index in [9.17, 15) is 4.79 Å². The Morgan fingerprint density at radius 1 is 1.47 bits per heavy atom. The predicted octanol–water partition coefficient (Wildman–Crippen LogP) is 2.34. The molecule has 0 aromatic heterocycles. The van der Waals surface area contributed by atoms with Crippen LogP contribution >= 0.6 is 0 Å². The minimum absolute atomic E-state index is 0.222. The molecule has 0 saturated carbocycles. The highest BCUT2D eigenvalue weighted by Gasteiger charge is 2.36. The minimum Gasteiger partial charge on any atom is -0.450 e. The molecule has 5 heteroatoms. The average molecular weight is 269 g/mol. The summed E-state index contributed by atoms with van der Waals surface area (Å²) in [5.74, 6) is -0.676. The molecule has 5 nitrogen and oxygen atoms in total. The maximum absolute atomic E-state index is 11.9. The van der Waals surface area contributed by atoms with Gasteiger partial charge in [0.05, 0.1) is 25.9 Å². The number of carbonyl (C=O) groups is 1. The highest BCUT2D eigenvalue weighted by atomic mass is 16.7. The lowest BCUT2D eigenvalue weighted by Gasteiger charge is -2.33. The van der Waals surface area contributed by atoms with Gasteiger partial charge in [-0.05, 0) is 13.8 Å². The molecule has 1 atom stereocenters. The van der Waals surface area contributed by atoms with E-state index in [0.29, 0.717) is 32.8 Å². The molecule has 0 N–H and O–H groups in total. The lowest BCUT2D eigenvalue weighted by Crippen LogP contribution is -2.44. The summed E-state index contributed by atoms with van der Waals surface area (Å²) in [6.45, 7) is 13.0. The SMILES string of the molecule is C=CCN(C(=O)OCC)[C@H](C=C)CC1(C)OCCO1. The van der Waals surface area contributed by atoms with E-state index in [1.54, 1.807) is 24.0 Å². The zero-order valence-corrected chi connectivity index (χ0v) is 11.8. The summed E-state index contributed by atoms with van der Waals surface area (Å²) < 4.78 is 16.2. The van der Waals surface area contributed by atoms with Crippen LogP contribution in [0.3, 0.4) is 0 Å². The van der Waals surface area contributed by atoms with Crippen molar-refractivity contribution in [1.82, 2.24) is 4.90 Å². The topological polar surface area (TPSA) is 48.0 Å². The number of rotatable bonds is 7. The van der Waals surface area contributed by atoms with Gasteiger partial charge in [0.1, 0.15) is 0 Å². The normalized spacial score (nSPS) is 18.6. The van der Waals surface area contributed by atoms with Gasteiger partial charge in [0.25, 0.3) is 0 Å². The molecule has 1 aliphatic rings. The average Bonchev–Trinajstić information content (AvgIpc) is 2.81. The Bertz CT molecular complexity index is 323. The first-order valence-corrected chi connectivity index (χ1v) is 6.51. The van der Waals surface area contributed by atoms with Gasteiger partial charge >= 0.3 is 6.09 Å². The number of ether oxygens (including phenoxy) is 3. The van der Waals surface area contributed by atoms with Crippen molar-refractivity contribution in [2.24, 2.45) is 0 Å². The van der Waals surface area contributed by atoms with Crippen molar-refractivity contribution in [1.29, 1.82) is 0 Å². The van der Waals surface area contributed by atoms with E-state index >= 15 is 0 Å². The first-order chi connectivity index (χ1) is 9.06. The lowest BCUT2D eigenvalue weighted by molar-refractivity contribution is -0.153. The van der Waals surface area contributed by atoms with Crippen LogP contribution in [0.25, 0.3) is 0 Å². The van der Waals surface area contributed by atoms with Crippen LogP contribution in [-0.2, 0) is 14.2 Å². The molecule has 108 valence electrons. The van der Waals surface area contributed by atoms with Gasteiger partial charge in [-0.25, -0.2) is 4.79 Å². The van der Waals surface area contributed by atoms with Crippen LogP contribution in [0.1, 0.15) is 20.3 Å². The van der Waals surface area contributed by atoms with Gasteiger partial charge in [-0.1, -0.05) is 12.2 Å². The smallest absolute Gasteiger partial charge is 0.410 e. The monoisotopic (exact) mass is 269 g/mol.